The number of hydrogen-bond donors (Lipinski definition) is 2. The molecule has 0 aliphatic carbocycles. The molecular formula is C21H22ClF2N3O4S. The van der Waals surface area contributed by atoms with E-state index in [9.17, 15) is 18.4 Å². The molecule has 4 rings (SSSR count). The van der Waals surface area contributed by atoms with Crippen LogP contribution in [0.2, 0.25) is 4.34 Å². The minimum atomic E-state index is -2.97. The van der Waals surface area contributed by atoms with Crippen LogP contribution in [-0.4, -0.2) is 56.0 Å². The minimum Gasteiger partial charge on any atom is -0.420 e. The highest BCUT2D eigenvalue weighted by molar-refractivity contribution is 7.18. The Hall–Kier alpha value is -2.27. The smallest absolute Gasteiger partial charge is 0.413 e. The van der Waals surface area contributed by atoms with E-state index in [-0.39, 0.29) is 25.1 Å². The van der Waals surface area contributed by atoms with Gasteiger partial charge in [-0.1, -0.05) is 17.7 Å². The van der Waals surface area contributed by atoms with E-state index in [1.165, 1.54) is 18.2 Å². The maximum absolute atomic E-state index is 14.5. The molecule has 2 N–H and O–H groups in total. The van der Waals surface area contributed by atoms with E-state index < -0.39 is 23.6 Å². The van der Waals surface area contributed by atoms with Gasteiger partial charge in [0, 0.05) is 24.2 Å². The summed E-state index contributed by atoms with van der Waals surface area (Å²) in [6.07, 6.45) is -0.116. The summed E-state index contributed by atoms with van der Waals surface area (Å²) in [5.41, 5.74) is -0.569. The van der Waals surface area contributed by atoms with Gasteiger partial charge in [-0.25, -0.2) is 4.79 Å². The summed E-state index contributed by atoms with van der Waals surface area (Å²) >= 11 is 6.99. The normalized spacial score (nSPS) is 22.6. The number of alkyl halides is 2. The van der Waals surface area contributed by atoms with E-state index in [4.69, 9.17) is 21.1 Å². The zero-order valence-corrected chi connectivity index (χ0v) is 18.8. The molecule has 3 heterocycles. The Labute approximate surface area is 192 Å². The molecule has 2 aliphatic heterocycles. The van der Waals surface area contributed by atoms with Gasteiger partial charge in [0.1, 0.15) is 6.61 Å². The fraction of sp³-hybridized carbons (Fsp3) is 0.429. The van der Waals surface area contributed by atoms with Gasteiger partial charge < -0.3 is 14.8 Å². The molecule has 2 aromatic rings. The summed E-state index contributed by atoms with van der Waals surface area (Å²) in [6, 6.07) is 7.47. The largest absolute Gasteiger partial charge is 0.420 e. The third kappa shape index (κ3) is 5.03. The number of anilines is 1. The van der Waals surface area contributed by atoms with Gasteiger partial charge in [-0.15, -0.1) is 11.3 Å². The van der Waals surface area contributed by atoms with E-state index in [2.05, 4.69) is 10.6 Å². The second kappa shape index (κ2) is 8.93. The van der Waals surface area contributed by atoms with Gasteiger partial charge in [-0.05, 0) is 43.3 Å². The van der Waals surface area contributed by atoms with E-state index in [0.29, 0.717) is 40.0 Å². The van der Waals surface area contributed by atoms with E-state index in [1.807, 2.05) is 0 Å². The lowest BCUT2D eigenvalue weighted by Gasteiger charge is -2.28. The summed E-state index contributed by atoms with van der Waals surface area (Å²) in [5, 5.41) is 5.29. The first-order chi connectivity index (χ1) is 15.2. The predicted octanol–water partition coefficient (Wildman–Crippen LogP) is 4.08. The van der Waals surface area contributed by atoms with Crippen LogP contribution in [0.25, 0.3) is 0 Å². The molecule has 0 radical (unpaired) electrons. The molecule has 1 fully saturated rings. The van der Waals surface area contributed by atoms with E-state index >= 15 is 0 Å². The van der Waals surface area contributed by atoms with Crippen LogP contribution in [0.4, 0.5) is 19.3 Å². The van der Waals surface area contributed by atoms with Gasteiger partial charge in [-0.2, -0.15) is 8.78 Å². The Bertz CT molecular complexity index is 1030. The summed E-state index contributed by atoms with van der Waals surface area (Å²) in [5.74, 6) is -3.41. The molecule has 7 nitrogen and oxygen atoms in total. The van der Waals surface area contributed by atoms with Crippen molar-refractivity contribution >= 4 is 40.6 Å². The number of carbonyl (C=O) groups is 2. The lowest BCUT2D eigenvalue weighted by atomic mass is 10.00. The van der Waals surface area contributed by atoms with Crippen molar-refractivity contribution in [1.29, 1.82) is 0 Å². The molecule has 1 atom stereocenters. The number of thiophene rings is 1. The zero-order valence-electron chi connectivity index (χ0n) is 17.3. The number of rotatable bonds is 4. The number of benzene rings is 1. The van der Waals surface area contributed by atoms with E-state index in [1.54, 1.807) is 24.1 Å². The second-order valence-electron chi connectivity index (χ2n) is 7.93. The zero-order chi connectivity index (χ0) is 22.9. The first-order valence-corrected chi connectivity index (χ1v) is 11.2. The average molecular weight is 486 g/mol. The molecule has 1 aromatic heterocycles. The monoisotopic (exact) mass is 485 g/mol. The number of fused-ring (bicyclic) bond motifs is 1. The Morgan fingerprint density at radius 3 is 2.78 bits per heavy atom. The van der Waals surface area contributed by atoms with Crippen molar-refractivity contribution in [2.75, 3.05) is 38.7 Å². The number of amides is 2. The molecule has 2 aliphatic rings. The summed E-state index contributed by atoms with van der Waals surface area (Å²) in [6.45, 7) is 0.427. The molecule has 1 aromatic carbocycles. The SMILES string of the molecule is CN1CCc2cc(NC(=O)OC3(NC(=O)c4ccc(Cl)s4)CCOC3)ccc2C(F)(F)C1. The number of nitrogens with zero attached hydrogens (tertiary/aromatic N) is 1. The average Bonchev–Trinajstić information content (AvgIpc) is 3.32. The van der Waals surface area contributed by atoms with Crippen molar-refractivity contribution in [1.82, 2.24) is 10.2 Å². The van der Waals surface area contributed by atoms with Gasteiger partial charge in [0.2, 0.25) is 5.72 Å². The van der Waals surface area contributed by atoms with Crippen LogP contribution in [0, 0.1) is 0 Å². The Morgan fingerprint density at radius 1 is 1.28 bits per heavy atom. The molecule has 11 heteroatoms. The van der Waals surface area contributed by atoms with Crippen LogP contribution in [0.15, 0.2) is 30.3 Å². The van der Waals surface area contributed by atoms with Crippen LogP contribution >= 0.6 is 22.9 Å². The van der Waals surface area contributed by atoms with E-state index in [0.717, 1.165) is 11.3 Å². The van der Waals surface area contributed by atoms with Crippen LogP contribution in [0.1, 0.15) is 27.2 Å². The number of likely N-dealkylation sites (N-methyl/N-ethyl adjacent to an activating group) is 1. The number of nitrogens with one attached hydrogen (secondary N) is 2. The quantitative estimate of drug-likeness (QED) is 0.638. The van der Waals surface area contributed by atoms with Gasteiger partial charge in [0.25, 0.3) is 11.8 Å². The summed E-state index contributed by atoms with van der Waals surface area (Å²) in [4.78, 5) is 27.1. The number of ether oxygens (including phenoxy) is 2. The van der Waals surface area contributed by atoms with Crippen molar-refractivity contribution < 1.29 is 27.8 Å². The van der Waals surface area contributed by atoms with Gasteiger partial charge in [0.05, 0.1) is 22.4 Å². The predicted molar refractivity (Wildman–Crippen MR) is 117 cm³/mol. The van der Waals surface area contributed by atoms with Crippen molar-refractivity contribution in [3.8, 4) is 0 Å². The second-order valence-corrected chi connectivity index (χ2v) is 9.65. The van der Waals surface area contributed by atoms with Crippen LogP contribution < -0.4 is 10.6 Å². The number of halogens is 3. The Morgan fingerprint density at radius 2 is 2.09 bits per heavy atom. The third-order valence-electron chi connectivity index (χ3n) is 5.39. The molecule has 2 amide bonds. The van der Waals surface area contributed by atoms with Crippen molar-refractivity contribution in [3.05, 3.63) is 50.7 Å². The van der Waals surface area contributed by atoms with Crippen LogP contribution in [-0.2, 0) is 21.8 Å². The molecule has 172 valence electrons. The third-order valence-corrected chi connectivity index (χ3v) is 6.62. The Kier molecular flexibility index (Phi) is 6.39. The maximum atomic E-state index is 14.5. The summed E-state index contributed by atoms with van der Waals surface area (Å²) in [7, 11) is 1.65. The van der Waals surface area contributed by atoms with Crippen LogP contribution in [0.5, 0.6) is 0 Å². The van der Waals surface area contributed by atoms with Crippen molar-refractivity contribution in [2.24, 2.45) is 0 Å². The van der Waals surface area contributed by atoms with Gasteiger partial charge in [-0.3, -0.25) is 15.0 Å². The lowest BCUT2D eigenvalue weighted by Crippen LogP contribution is -2.52. The van der Waals surface area contributed by atoms with Crippen LogP contribution in [0.3, 0.4) is 0 Å². The number of carbonyl (C=O) groups excluding carboxylic acids is 2. The molecule has 0 spiro atoms. The van der Waals surface area contributed by atoms with Gasteiger partial charge >= 0.3 is 6.09 Å². The molecule has 0 bridgehead atoms. The van der Waals surface area contributed by atoms with Gasteiger partial charge in [0.15, 0.2) is 0 Å². The summed E-state index contributed by atoms with van der Waals surface area (Å²) < 4.78 is 40.3. The fourth-order valence-corrected chi connectivity index (χ4v) is 4.76. The van der Waals surface area contributed by atoms with Crippen molar-refractivity contribution in [3.63, 3.8) is 0 Å². The standard InChI is InChI=1S/C21H22ClF2N3O4S/c1-27-8-6-13-10-14(2-3-15(13)21(23,24)11-27)25-19(29)31-20(7-9-30-12-20)26-18(28)16-4-5-17(22)32-16/h2-5,10H,6-9,11-12H2,1H3,(H,25,29)(H,26,28). The highest BCUT2D eigenvalue weighted by atomic mass is 35.5. The highest BCUT2D eigenvalue weighted by Crippen LogP contribution is 2.35. The maximum Gasteiger partial charge on any atom is 0.413 e. The molecule has 1 saturated heterocycles. The van der Waals surface area contributed by atoms with Crippen molar-refractivity contribution in [2.45, 2.75) is 24.5 Å². The minimum absolute atomic E-state index is 0.00594. The first-order valence-electron chi connectivity index (χ1n) is 10.0. The lowest BCUT2D eigenvalue weighted by molar-refractivity contribution is -0.0280. The Balaban J connectivity index is 1.46. The fourth-order valence-electron chi connectivity index (χ4n) is 3.83. The molecule has 32 heavy (non-hydrogen) atoms. The highest BCUT2D eigenvalue weighted by Gasteiger charge is 2.41. The number of hydrogen-bond acceptors (Lipinski definition) is 6. The molecule has 1 unspecified atom stereocenters. The molecule has 0 saturated carbocycles. The topological polar surface area (TPSA) is 79.9 Å². The molecular weight excluding hydrogens is 464 g/mol. The first kappa shape index (κ1) is 22.9.